The molecule has 2 aliphatic heterocycles. The molecule has 0 spiro atoms. The van der Waals surface area contributed by atoms with Crippen LogP contribution in [0.25, 0.3) is 0 Å². The molecule has 0 N–H and O–H groups in total. The lowest BCUT2D eigenvalue weighted by Gasteiger charge is -2.33. The summed E-state index contributed by atoms with van der Waals surface area (Å²) < 4.78 is 0. The molecule has 0 aromatic heterocycles. The Balaban J connectivity index is 1.67. The quantitative estimate of drug-likeness (QED) is 0.744. The Morgan fingerprint density at radius 3 is 2.71 bits per heavy atom. The number of alkyl halides is 1. The van der Waals surface area contributed by atoms with Gasteiger partial charge in [0, 0.05) is 25.7 Å². The summed E-state index contributed by atoms with van der Waals surface area (Å²) in [6.45, 7) is 6.59. The van der Waals surface area contributed by atoms with E-state index >= 15 is 0 Å². The van der Waals surface area contributed by atoms with Crippen molar-refractivity contribution in [1.82, 2.24) is 9.80 Å². The van der Waals surface area contributed by atoms with Crippen molar-refractivity contribution in [2.45, 2.75) is 49.9 Å². The summed E-state index contributed by atoms with van der Waals surface area (Å²) in [5, 5.41) is 0. The maximum atomic E-state index is 11.7. The minimum atomic E-state index is 0.0800. The predicted octanol–water partition coefficient (Wildman–Crippen LogP) is 2.25. The van der Waals surface area contributed by atoms with Crippen LogP contribution in [-0.2, 0) is 4.79 Å². The molecule has 4 heteroatoms. The molecular formula is C13H23BrN2O. The Labute approximate surface area is 113 Å². The van der Waals surface area contributed by atoms with Crippen molar-refractivity contribution in [2.24, 2.45) is 0 Å². The third-order valence-electron chi connectivity index (χ3n) is 4.05. The van der Waals surface area contributed by atoms with Gasteiger partial charge in [-0.25, -0.2) is 0 Å². The van der Waals surface area contributed by atoms with E-state index in [1.165, 1.54) is 25.8 Å². The Bertz CT molecular complexity index is 272. The molecule has 0 saturated carbocycles. The van der Waals surface area contributed by atoms with E-state index in [0.29, 0.717) is 0 Å². The van der Waals surface area contributed by atoms with Gasteiger partial charge in [0.2, 0.25) is 5.91 Å². The summed E-state index contributed by atoms with van der Waals surface area (Å²) in [5.41, 5.74) is 0. The Morgan fingerprint density at radius 1 is 1.24 bits per heavy atom. The van der Waals surface area contributed by atoms with E-state index in [0.717, 1.165) is 38.5 Å². The van der Waals surface area contributed by atoms with Gasteiger partial charge in [-0.3, -0.25) is 4.79 Å². The van der Waals surface area contributed by atoms with Crippen molar-refractivity contribution in [3.63, 3.8) is 0 Å². The topological polar surface area (TPSA) is 23.6 Å². The van der Waals surface area contributed by atoms with Gasteiger partial charge in [0.05, 0.1) is 4.83 Å². The lowest BCUT2D eigenvalue weighted by molar-refractivity contribution is -0.127. The summed E-state index contributed by atoms with van der Waals surface area (Å²) in [5.74, 6) is 0.289. The lowest BCUT2D eigenvalue weighted by Crippen LogP contribution is -2.39. The molecular weight excluding hydrogens is 280 g/mol. The number of hydrogen-bond acceptors (Lipinski definition) is 2. The molecule has 3 nitrogen and oxygen atoms in total. The van der Waals surface area contributed by atoms with E-state index in [1.54, 1.807) is 0 Å². The highest BCUT2D eigenvalue weighted by molar-refractivity contribution is 9.10. The van der Waals surface area contributed by atoms with Crippen molar-refractivity contribution in [3.8, 4) is 0 Å². The van der Waals surface area contributed by atoms with Crippen LogP contribution in [0.3, 0.4) is 0 Å². The van der Waals surface area contributed by atoms with Gasteiger partial charge >= 0.3 is 0 Å². The number of likely N-dealkylation sites (tertiary alicyclic amines) is 2. The molecule has 0 aromatic rings. The highest BCUT2D eigenvalue weighted by Gasteiger charge is 2.28. The molecule has 2 fully saturated rings. The number of amides is 1. The molecule has 98 valence electrons. The van der Waals surface area contributed by atoms with E-state index in [-0.39, 0.29) is 10.7 Å². The molecule has 2 heterocycles. The molecule has 0 aliphatic carbocycles. The van der Waals surface area contributed by atoms with Crippen LogP contribution < -0.4 is 0 Å². The fourth-order valence-corrected chi connectivity index (χ4v) is 3.37. The van der Waals surface area contributed by atoms with Crippen LogP contribution in [0.1, 0.15) is 39.0 Å². The summed E-state index contributed by atoms with van der Waals surface area (Å²) in [7, 11) is 0. The second-order valence-corrected chi connectivity index (χ2v) is 6.42. The highest BCUT2D eigenvalue weighted by atomic mass is 79.9. The van der Waals surface area contributed by atoms with E-state index in [4.69, 9.17) is 0 Å². The van der Waals surface area contributed by atoms with E-state index in [2.05, 4.69) is 27.8 Å². The van der Waals surface area contributed by atoms with Crippen molar-refractivity contribution < 1.29 is 4.79 Å². The zero-order valence-electron chi connectivity index (χ0n) is 10.7. The standard InChI is InChI=1S/C13H23BrN2O/c1-11-5-2-3-7-15(11)8-4-9-16-10-6-12(14)13(16)17/h11-12H,2-10H2,1H3. The van der Waals surface area contributed by atoms with Gasteiger partial charge in [0.15, 0.2) is 0 Å². The average Bonchev–Trinajstić information content (AvgIpc) is 2.63. The minimum Gasteiger partial charge on any atom is -0.342 e. The normalized spacial score (nSPS) is 31.2. The SMILES string of the molecule is CC1CCCCN1CCCN1CCC(Br)C1=O. The van der Waals surface area contributed by atoms with Crippen LogP contribution in [-0.4, -0.2) is 52.8 Å². The Morgan fingerprint density at radius 2 is 2.06 bits per heavy atom. The lowest BCUT2D eigenvalue weighted by atomic mass is 10.0. The molecule has 0 bridgehead atoms. The summed E-state index contributed by atoms with van der Waals surface area (Å²) >= 11 is 3.42. The molecule has 2 saturated heterocycles. The van der Waals surface area contributed by atoms with Gasteiger partial charge in [0.1, 0.15) is 0 Å². The Hall–Kier alpha value is -0.0900. The van der Waals surface area contributed by atoms with Crippen molar-refractivity contribution >= 4 is 21.8 Å². The van der Waals surface area contributed by atoms with Crippen molar-refractivity contribution in [2.75, 3.05) is 26.2 Å². The Kier molecular flexibility index (Phi) is 4.86. The van der Waals surface area contributed by atoms with E-state index < -0.39 is 0 Å². The first-order chi connectivity index (χ1) is 8.18. The predicted molar refractivity (Wildman–Crippen MR) is 73.4 cm³/mol. The third-order valence-corrected chi connectivity index (χ3v) is 4.90. The number of piperidine rings is 1. The zero-order valence-corrected chi connectivity index (χ0v) is 12.3. The average molecular weight is 303 g/mol. The number of rotatable bonds is 4. The summed E-state index contributed by atoms with van der Waals surface area (Å²) in [6.07, 6.45) is 6.16. The van der Waals surface area contributed by atoms with Gasteiger partial charge in [-0.15, -0.1) is 0 Å². The van der Waals surface area contributed by atoms with Crippen LogP contribution in [0.2, 0.25) is 0 Å². The molecule has 2 aliphatic rings. The monoisotopic (exact) mass is 302 g/mol. The van der Waals surface area contributed by atoms with Crippen LogP contribution in [0.5, 0.6) is 0 Å². The van der Waals surface area contributed by atoms with Crippen LogP contribution in [0.15, 0.2) is 0 Å². The van der Waals surface area contributed by atoms with Gasteiger partial charge in [-0.05, 0) is 39.2 Å². The molecule has 1 amide bonds. The number of hydrogen-bond donors (Lipinski definition) is 0. The second-order valence-electron chi connectivity index (χ2n) is 5.32. The van der Waals surface area contributed by atoms with Crippen molar-refractivity contribution in [1.29, 1.82) is 0 Å². The molecule has 2 atom stereocenters. The second kappa shape index (κ2) is 6.19. The first kappa shape index (κ1) is 13.3. The summed E-state index contributed by atoms with van der Waals surface area (Å²) in [6, 6.07) is 0.738. The maximum absolute atomic E-state index is 11.7. The van der Waals surface area contributed by atoms with Gasteiger partial charge in [0.25, 0.3) is 0 Å². The van der Waals surface area contributed by atoms with Gasteiger partial charge < -0.3 is 9.80 Å². The minimum absolute atomic E-state index is 0.0800. The van der Waals surface area contributed by atoms with Crippen LogP contribution >= 0.6 is 15.9 Å². The molecule has 17 heavy (non-hydrogen) atoms. The third kappa shape index (κ3) is 3.44. The molecule has 0 aromatic carbocycles. The zero-order chi connectivity index (χ0) is 12.3. The first-order valence-electron chi connectivity index (χ1n) is 6.85. The highest BCUT2D eigenvalue weighted by Crippen LogP contribution is 2.19. The molecule has 2 rings (SSSR count). The number of carbonyl (C=O) groups excluding carboxylic acids is 1. The fourth-order valence-electron chi connectivity index (χ4n) is 2.88. The van der Waals surface area contributed by atoms with E-state index in [1.807, 2.05) is 4.90 Å². The van der Waals surface area contributed by atoms with Gasteiger partial charge in [-0.2, -0.15) is 0 Å². The van der Waals surface area contributed by atoms with Gasteiger partial charge in [-0.1, -0.05) is 22.4 Å². The van der Waals surface area contributed by atoms with Crippen molar-refractivity contribution in [3.05, 3.63) is 0 Å². The molecule has 2 unspecified atom stereocenters. The number of halogens is 1. The molecule has 0 radical (unpaired) electrons. The smallest absolute Gasteiger partial charge is 0.236 e. The fraction of sp³-hybridized carbons (Fsp3) is 0.923. The number of nitrogens with zero attached hydrogens (tertiary/aromatic N) is 2. The van der Waals surface area contributed by atoms with Crippen LogP contribution in [0.4, 0.5) is 0 Å². The first-order valence-corrected chi connectivity index (χ1v) is 7.77. The number of carbonyl (C=O) groups is 1. The largest absolute Gasteiger partial charge is 0.342 e. The van der Waals surface area contributed by atoms with E-state index in [9.17, 15) is 4.79 Å². The maximum Gasteiger partial charge on any atom is 0.236 e. The summed E-state index contributed by atoms with van der Waals surface area (Å²) in [4.78, 5) is 16.4. The van der Waals surface area contributed by atoms with Crippen LogP contribution in [0, 0.1) is 0 Å².